The Hall–Kier alpha value is -2.11. The Morgan fingerprint density at radius 3 is 3.06 bits per heavy atom. The minimum absolute atomic E-state index is 0.0814. The van der Waals surface area contributed by atoms with Gasteiger partial charge in [0.1, 0.15) is 0 Å². The summed E-state index contributed by atoms with van der Waals surface area (Å²) in [4.78, 5) is 27.9. The van der Waals surface area contributed by atoms with E-state index in [1.54, 1.807) is 11.1 Å². The number of carbonyl (C=O) groups excluding carboxylic acids is 1. The number of rotatable bonds is 5. The van der Waals surface area contributed by atoms with Crippen molar-refractivity contribution in [2.75, 3.05) is 13.1 Å². The summed E-state index contributed by atoms with van der Waals surface area (Å²) in [7, 11) is 0. The van der Waals surface area contributed by atoms with Crippen LogP contribution < -0.4 is 5.32 Å². The molecule has 1 fully saturated rings. The standard InChI is InChI=1S/C12H15N3O3/c16-11(17)5-3-7-15-8-10(14-12(15)18)9-4-1-2-6-13-9/h1-2,4,6,10H,3,5,7-8H2,(H,14,18)(H,16,17). The molecule has 0 aromatic carbocycles. The van der Waals surface area contributed by atoms with Gasteiger partial charge in [-0.2, -0.15) is 0 Å². The SMILES string of the molecule is O=C(O)CCCN1CC(c2ccccn2)NC1=O. The number of carboxylic acids is 1. The predicted octanol–water partition coefficient (Wildman–Crippen LogP) is 1.01. The summed E-state index contributed by atoms with van der Waals surface area (Å²) < 4.78 is 0. The molecule has 0 aliphatic carbocycles. The average Bonchev–Trinajstić information content (AvgIpc) is 2.72. The molecule has 0 bridgehead atoms. The first-order valence-electron chi connectivity index (χ1n) is 5.85. The normalized spacial score (nSPS) is 18.8. The molecule has 18 heavy (non-hydrogen) atoms. The van der Waals surface area contributed by atoms with Crippen LogP contribution >= 0.6 is 0 Å². The Morgan fingerprint density at radius 1 is 1.56 bits per heavy atom. The summed E-state index contributed by atoms with van der Waals surface area (Å²) in [6.07, 6.45) is 2.24. The van der Waals surface area contributed by atoms with E-state index >= 15 is 0 Å². The minimum atomic E-state index is -0.837. The fourth-order valence-electron chi connectivity index (χ4n) is 1.95. The number of urea groups is 1. The largest absolute Gasteiger partial charge is 0.481 e. The highest BCUT2D eigenvalue weighted by Gasteiger charge is 2.29. The molecular formula is C12H15N3O3. The molecule has 0 saturated carbocycles. The second-order valence-corrected chi connectivity index (χ2v) is 4.20. The Bertz CT molecular complexity index is 435. The summed E-state index contributed by atoms with van der Waals surface area (Å²) in [5.74, 6) is -0.837. The molecule has 0 radical (unpaired) electrons. The molecule has 1 unspecified atom stereocenters. The molecule has 1 aliphatic heterocycles. The van der Waals surface area contributed by atoms with Gasteiger partial charge in [0, 0.05) is 25.7 Å². The molecule has 1 atom stereocenters. The van der Waals surface area contributed by atoms with Crippen LogP contribution in [-0.4, -0.2) is 40.1 Å². The molecule has 1 aromatic rings. The molecule has 2 amide bonds. The number of carbonyl (C=O) groups is 2. The van der Waals surface area contributed by atoms with Crippen molar-refractivity contribution in [3.8, 4) is 0 Å². The first-order chi connectivity index (χ1) is 8.66. The number of hydrogen-bond acceptors (Lipinski definition) is 3. The van der Waals surface area contributed by atoms with Crippen LogP contribution in [0.3, 0.4) is 0 Å². The van der Waals surface area contributed by atoms with Crippen molar-refractivity contribution < 1.29 is 14.7 Å². The van der Waals surface area contributed by atoms with Crippen LogP contribution in [0.25, 0.3) is 0 Å². The van der Waals surface area contributed by atoms with E-state index in [0.29, 0.717) is 19.5 Å². The maximum Gasteiger partial charge on any atom is 0.318 e. The lowest BCUT2D eigenvalue weighted by atomic mass is 10.2. The molecular weight excluding hydrogens is 234 g/mol. The second-order valence-electron chi connectivity index (χ2n) is 4.20. The predicted molar refractivity (Wildman–Crippen MR) is 64.0 cm³/mol. The highest BCUT2D eigenvalue weighted by molar-refractivity contribution is 5.77. The molecule has 1 aromatic heterocycles. The van der Waals surface area contributed by atoms with E-state index in [4.69, 9.17) is 5.11 Å². The summed E-state index contributed by atoms with van der Waals surface area (Å²) in [5.41, 5.74) is 0.826. The average molecular weight is 249 g/mol. The molecule has 1 aliphatic rings. The Labute approximate surface area is 105 Å². The van der Waals surface area contributed by atoms with E-state index in [-0.39, 0.29) is 18.5 Å². The fourth-order valence-corrected chi connectivity index (χ4v) is 1.95. The molecule has 0 spiro atoms. The van der Waals surface area contributed by atoms with E-state index in [1.807, 2.05) is 18.2 Å². The van der Waals surface area contributed by atoms with Crippen molar-refractivity contribution >= 4 is 12.0 Å². The third kappa shape index (κ3) is 2.97. The van der Waals surface area contributed by atoms with Crippen molar-refractivity contribution in [1.82, 2.24) is 15.2 Å². The van der Waals surface area contributed by atoms with E-state index in [1.165, 1.54) is 0 Å². The maximum absolute atomic E-state index is 11.7. The second kappa shape index (κ2) is 5.48. The van der Waals surface area contributed by atoms with Gasteiger partial charge in [0.05, 0.1) is 11.7 Å². The molecule has 6 nitrogen and oxygen atoms in total. The van der Waals surface area contributed by atoms with Crippen molar-refractivity contribution in [3.05, 3.63) is 30.1 Å². The van der Waals surface area contributed by atoms with Gasteiger partial charge >= 0.3 is 12.0 Å². The van der Waals surface area contributed by atoms with Crippen LogP contribution in [0.5, 0.6) is 0 Å². The molecule has 2 N–H and O–H groups in total. The summed E-state index contributed by atoms with van der Waals surface area (Å²) in [6, 6.07) is 5.30. The number of aromatic nitrogens is 1. The summed E-state index contributed by atoms with van der Waals surface area (Å²) >= 11 is 0. The number of aliphatic carboxylic acids is 1. The van der Waals surface area contributed by atoms with Crippen LogP contribution in [0.1, 0.15) is 24.6 Å². The number of amides is 2. The van der Waals surface area contributed by atoms with E-state index in [9.17, 15) is 9.59 Å². The Morgan fingerprint density at radius 2 is 2.39 bits per heavy atom. The van der Waals surface area contributed by atoms with Crippen LogP contribution in [-0.2, 0) is 4.79 Å². The van der Waals surface area contributed by atoms with Gasteiger partial charge in [-0.3, -0.25) is 9.78 Å². The number of nitrogens with zero attached hydrogens (tertiary/aromatic N) is 2. The highest BCUT2D eigenvalue weighted by Crippen LogP contribution is 2.18. The molecule has 96 valence electrons. The van der Waals surface area contributed by atoms with Gasteiger partial charge in [-0.1, -0.05) is 6.07 Å². The Kier molecular flexibility index (Phi) is 3.76. The monoisotopic (exact) mass is 249 g/mol. The topological polar surface area (TPSA) is 82.5 Å². The van der Waals surface area contributed by atoms with Crippen molar-refractivity contribution in [2.45, 2.75) is 18.9 Å². The molecule has 6 heteroatoms. The smallest absolute Gasteiger partial charge is 0.318 e. The number of carboxylic acid groups (broad SMARTS) is 1. The zero-order valence-corrected chi connectivity index (χ0v) is 9.87. The third-order valence-electron chi connectivity index (χ3n) is 2.85. The van der Waals surface area contributed by atoms with Gasteiger partial charge in [0.2, 0.25) is 0 Å². The fraction of sp³-hybridized carbons (Fsp3) is 0.417. The van der Waals surface area contributed by atoms with E-state index in [2.05, 4.69) is 10.3 Å². The number of hydrogen-bond donors (Lipinski definition) is 2. The Balaban J connectivity index is 1.89. The van der Waals surface area contributed by atoms with Gasteiger partial charge in [-0.25, -0.2) is 4.79 Å². The van der Waals surface area contributed by atoms with Crippen molar-refractivity contribution in [1.29, 1.82) is 0 Å². The number of nitrogens with one attached hydrogen (secondary N) is 1. The van der Waals surface area contributed by atoms with Crippen LogP contribution in [0.4, 0.5) is 4.79 Å². The molecule has 2 rings (SSSR count). The van der Waals surface area contributed by atoms with Crippen LogP contribution in [0.2, 0.25) is 0 Å². The summed E-state index contributed by atoms with van der Waals surface area (Å²) in [6.45, 7) is 0.997. The quantitative estimate of drug-likeness (QED) is 0.816. The minimum Gasteiger partial charge on any atom is -0.481 e. The molecule has 2 heterocycles. The van der Waals surface area contributed by atoms with Crippen LogP contribution in [0.15, 0.2) is 24.4 Å². The van der Waals surface area contributed by atoms with Crippen LogP contribution in [0, 0.1) is 0 Å². The maximum atomic E-state index is 11.7. The van der Waals surface area contributed by atoms with Gasteiger partial charge in [-0.15, -0.1) is 0 Å². The third-order valence-corrected chi connectivity index (χ3v) is 2.85. The highest BCUT2D eigenvalue weighted by atomic mass is 16.4. The van der Waals surface area contributed by atoms with E-state index < -0.39 is 5.97 Å². The first-order valence-corrected chi connectivity index (χ1v) is 5.85. The van der Waals surface area contributed by atoms with E-state index in [0.717, 1.165) is 5.69 Å². The summed E-state index contributed by atoms with van der Waals surface area (Å²) in [5, 5.41) is 11.4. The van der Waals surface area contributed by atoms with Gasteiger partial charge in [0.25, 0.3) is 0 Å². The number of pyridine rings is 1. The zero-order chi connectivity index (χ0) is 13.0. The molecule has 1 saturated heterocycles. The lowest BCUT2D eigenvalue weighted by Crippen LogP contribution is -2.29. The van der Waals surface area contributed by atoms with Crippen molar-refractivity contribution in [3.63, 3.8) is 0 Å². The van der Waals surface area contributed by atoms with Gasteiger partial charge < -0.3 is 15.3 Å². The van der Waals surface area contributed by atoms with Gasteiger partial charge in [-0.05, 0) is 18.6 Å². The first kappa shape index (κ1) is 12.3. The lowest BCUT2D eigenvalue weighted by molar-refractivity contribution is -0.137. The lowest BCUT2D eigenvalue weighted by Gasteiger charge is -2.13. The van der Waals surface area contributed by atoms with Crippen molar-refractivity contribution in [2.24, 2.45) is 0 Å². The van der Waals surface area contributed by atoms with Gasteiger partial charge in [0.15, 0.2) is 0 Å². The zero-order valence-electron chi connectivity index (χ0n) is 9.87.